The standard InChI is InChI=1S/C20H21N3O3/c1-12-4-8-15(9-5-12)22-19(24)17-13(2)21-20(25)23-18(17)14-6-10-16(26-3)11-7-14/h4-11,18H,1-3H3,(H,22,24)(H2,21,23,25). The number of hydrogen-bond acceptors (Lipinski definition) is 3. The van der Waals surface area contributed by atoms with Gasteiger partial charge in [0.1, 0.15) is 5.75 Å². The van der Waals surface area contributed by atoms with Crippen molar-refractivity contribution in [2.75, 3.05) is 12.4 Å². The van der Waals surface area contributed by atoms with Gasteiger partial charge < -0.3 is 20.7 Å². The van der Waals surface area contributed by atoms with Gasteiger partial charge in [0.15, 0.2) is 0 Å². The number of nitrogens with one attached hydrogen (secondary N) is 3. The highest BCUT2D eigenvalue weighted by atomic mass is 16.5. The molecule has 6 heteroatoms. The maximum absolute atomic E-state index is 12.9. The zero-order chi connectivity index (χ0) is 18.7. The first-order valence-corrected chi connectivity index (χ1v) is 8.28. The Bertz CT molecular complexity index is 855. The minimum atomic E-state index is -0.542. The molecule has 0 bridgehead atoms. The average molecular weight is 351 g/mol. The first-order chi connectivity index (χ1) is 12.5. The highest BCUT2D eigenvalue weighted by Gasteiger charge is 2.31. The predicted molar refractivity (Wildman–Crippen MR) is 99.9 cm³/mol. The third-order valence-electron chi connectivity index (χ3n) is 4.27. The summed E-state index contributed by atoms with van der Waals surface area (Å²) in [7, 11) is 1.59. The van der Waals surface area contributed by atoms with E-state index in [2.05, 4.69) is 16.0 Å². The van der Waals surface area contributed by atoms with E-state index in [4.69, 9.17) is 4.74 Å². The molecule has 3 amide bonds. The fourth-order valence-corrected chi connectivity index (χ4v) is 2.88. The number of rotatable bonds is 4. The molecule has 0 spiro atoms. The molecule has 6 nitrogen and oxygen atoms in total. The van der Waals surface area contributed by atoms with Gasteiger partial charge in [0.05, 0.1) is 18.7 Å². The van der Waals surface area contributed by atoms with E-state index in [0.29, 0.717) is 22.7 Å². The molecule has 1 atom stereocenters. The lowest BCUT2D eigenvalue weighted by atomic mass is 9.94. The Morgan fingerprint density at radius 1 is 1.04 bits per heavy atom. The molecule has 2 aromatic carbocycles. The number of carbonyl (C=O) groups is 2. The highest BCUT2D eigenvalue weighted by Crippen LogP contribution is 2.29. The van der Waals surface area contributed by atoms with Crippen molar-refractivity contribution in [3.05, 3.63) is 70.9 Å². The maximum atomic E-state index is 12.9. The zero-order valence-corrected chi connectivity index (χ0v) is 14.9. The second-order valence-electron chi connectivity index (χ2n) is 6.16. The van der Waals surface area contributed by atoms with Gasteiger partial charge in [-0.05, 0) is 43.7 Å². The Kier molecular flexibility index (Phi) is 4.93. The summed E-state index contributed by atoms with van der Waals surface area (Å²) >= 11 is 0. The highest BCUT2D eigenvalue weighted by molar-refractivity contribution is 6.06. The van der Waals surface area contributed by atoms with Crippen LogP contribution in [0.15, 0.2) is 59.8 Å². The molecule has 134 valence electrons. The molecule has 1 aliphatic heterocycles. The van der Waals surface area contributed by atoms with Crippen molar-refractivity contribution in [3.63, 3.8) is 0 Å². The van der Waals surface area contributed by atoms with Gasteiger partial charge in [-0.3, -0.25) is 4.79 Å². The normalized spacial score (nSPS) is 16.6. The summed E-state index contributed by atoms with van der Waals surface area (Å²) < 4.78 is 5.17. The molecule has 1 aliphatic rings. The Morgan fingerprint density at radius 2 is 1.69 bits per heavy atom. The second-order valence-corrected chi connectivity index (χ2v) is 6.16. The van der Waals surface area contributed by atoms with E-state index in [0.717, 1.165) is 11.1 Å². The number of benzene rings is 2. The molecular formula is C20H21N3O3. The van der Waals surface area contributed by atoms with Gasteiger partial charge in [0.25, 0.3) is 5.91 Å². The SMILES string of the molecule is COc1ccc(C2NC(=O)NC(C)=C2C(=O)Nc2ccc(C)cc2)cc1. The van der Waals surface area contributed by atoms with Crippen LogP contribution in [-0.2, 0) is 4.79 Å². The lowest BCUT2D eigenvalue weighted by molar-refractivity contribution is -0.113. The molecule has 1 unspecified atom stereocenters. The third-order valence-corrected chi connectivity index (χ3v) is 4.27. The summed E-state index contributed by atoms with van der Waals surface area (Å²) in [5, 5.41) is 8.38. The fourth-order valence-electron chi connectivity index (χ4n) is 2.88. The first kappa shape index (κ1) is 17.5. The first-order valence-electron chi connectivity index (χ1n) is 8.28. The van der Waals surface area contributed by atoms with Crippen LogP contribution in [0, 0.1) is 6.92 Å². The van der Waals surface area contributed by atoms with Crippen LogP contribution < -0.4 is 20.7 Å². The molecular weight excluding hydrogens is 330 g/mol. The molecule has 3 N–H and O–H groups in total. The van der Waals surface area contributed by atoms with Gasteiger partial charge in [0.2, 0.25) is 0 Å². The smallest absolute Gasteiger partial charge is 0.319 e. The molecule has 0 saturated heterocycles. The molecule has 3 rings (SSSR count). The third kappa shape index (κ3) is 3.69. The zero-order valence-electron chi connectivity index (χ0n) is 14.9. The quantitative estimate of drug-likeness (QED) is 0.791. The number of urea groups is 1. The molecule has 0 radical (unpaired) electrons. The van der Waals surface area contributed by atoms with E-state index >= 15 is 0 Å². The van der Waals surface area contributed by atoms with Gasteiger partial charge in [-0.15, -0.1) is 0 Å². The Hall–Kier alpha value is -3.28. The predicted octanol–water partition coefficient (Wildman–Crippen LogP) is 3.27. The topological polar surface area (TPSA) is 79.5 Å². The molecule has 1 heterocycles. The van der Waals surface area contributed by atoms with Crippen LogP contribution in [0.4, 0.5) is 10.5 Å². The second kappa shape index (κ2) is 7.31. The van der Waals surface area contributed by atoms with Crippen LogP contribution in [0.3, 0.4) is 0 Å². The van der Waals surface area contributed by atoms with Crippen LogP contribution in [0.2, 0.25) is 0 Å². The molecule has 0 fully saturated rings. The molecule has 2 aromatic rings. The van der Waals surface area contributed by atoms with Gasteiger partial charge >= 0.3 is 6.03 Å². The lowest BCUT2D eigenvalue weighted by Gasteiger charge is -2.28. The summed E-state index contributed by atoms with van der Waals surface area (Å²) in [6.07, 6.45) is 0. The van der Waals surface area contributed by atoms with Crippen molar-refractivity contribution >= 4 is 17.6 Å². The Morgan fingerprint density at radius 3 is 2.31 bits per heavy atom. The summed E-state index contributed by atoms with van der Waals surface area (Å²) in [5.74, 6) is 0.444. The summed E-state index contributed by atoms with van der Waals surface area (Å²) in [5.41, 5.74) is 3.61. The van der Waals surface area contributed by atoms with Crippen LogP contribution in [0.25, 0.3) is 0 Å². The summed E-state index contributed by atoms with van der Waals surface area (Å²) in [6.45, 7) is 3.71. The average Bonchev–Trinajstić information content (AvgIpc) is 2.63. The molecule has 0 saturated carbocycles. The van der Waals surface area contributed by atoms with Crippen LogP contribution in [0.1, 0.15) is 24.1 Å². The van der Waals surface area contributed by atoms with E-state index in [1.807, 2.05) is 43.3 Å². The van der Waals surface area contributed by atoms with E-state index in [1.165, 1.54) is 0 Å². The number of methoxy groups -OCH3 is 1. The van der Waals surface area contributed by atoms with E-state index in [-0.39, 0.29) is 11.9 Å². The van der Waals surface area contributed by atoms with Crippen molar-refractivity contribution in [1.82, 2.24) is 10.6 Å². The minimum absolute atomic E-state index is 0.264. The van der Waals surface area contributed by atoms with Crippen LogP contribution in [-0.4, -0.2) is 19.0 Å². The van der Waals surface area contributed by atoms with Crippen molar-refractivity contribution in [1.29, 1.82) is 0 Å². The Balaban J connectivity index is 1.91. The van der Waals surface area contributed by atoms with Crippen molar-refractivity contribution in [2.24, 2.45) is 0 Å². The monoisotopic (exact) mass is 351 g/mol. The van der Waals surface area contributed by atoms with Crippen molar-refractivity contribution in [2.45, 2.75) is 19.9 Å². The fraction of sp³-hybridized carbons (Fsp3) is 0.200. The molecule has 0 aliphatic carbocycles. The van der Waals surface area contributed by atoms with Crippen LogP contribution >= 0.6 is 0 Å². The van der Waals surface area contributed by atoms with E-state index < -0.39 is 6.04 Å². The number of carbonyl (C=O) groups excluding carboxylic acids is 2. The van der Waals surface area contributed by atoms with Gasteiger partial charge in [-0.2, -0.15) is 0 Å². The maximum Gasteiger partial charge on any atom is 0.319 e. The van der Waals surface area contributed by atoms with E-state index in [1.54, 1.807) is 26.2 Å². The number of amides is 3. The number of aryl methyl sites for hydroxylation is 1. The largest absolute Gasteiger partial charge is 0.497 e. The number of allylic oxidation sites excluding steroid dienone is 1. The number of hydrogen-bond donors (Lipinski definition) is 3. The van der Waals surface area contributed by atoms with Gasteiger partial charge in [0, 0.05) is 11.4 Å². The van der Waals surface area contributed by atoms with Gasteiger partial charge in [-0.25, -0.2) is 4.79 Å². The van der Waals surface area contributed by atoms with Gasteiger partial charge in [-0.1, -0.05) is 29.8 Å². The lowest BCUT2D eigenvalue weighted by Crippen LogP contribution is -2.45. The minimum Gasteiger partial charge on any atom is -0.497 e. The summed E-state index contributed by atoms with van der Waals surface area (Å²) in [4.78, 5) is 24.8. The Labute approximate surface area is 152 Å². The summed E-state index contributed by atoms with van der Waals surface area (Å²) in [6, 6.07) is 13.9. The van der Waals surface area contributed by atoms with Crippen molar-refractivity contribution < 1.29 is 14.3 Å². The molecule has 26 heavy (non-hydrogen) atoms. The number of ether oxygens (including phenoxy) is 1. The molecule has 0 aromatic heterocycles. The van der Waals surface area contributed by atoms with Crippen molar-refractivity contribution in [3.8, 4) is 5.75 Å². The number of anilines is 1. The van der Waals surface area contributed by atoms with Crippen LogP contribution in [0.5, 0.6) is 5.75 Å². The van der Waals surface area contributed by atoms with E-state index in [9.17, 15) is 9.59 Å².